The second kappa shape index (κ2) is 9.17. The summed E-state index contributed by atoms with van der Waals surface area (Å²) < 4.78 is 2.01. The van der Waals surface area contributed by atoms with Crippen molar-refractivity contribution in [2.45, 2.75) is 24.5 Å². The molecule has 0 bridgehead atoms. The largest absolute Gasteiger partial charge is 0.326 e. The summed E-state index contributed by atoms with van der Waals surface area (Å²) in [7, 11) is 0. The van der Waals surface area contributed by atoms with Crippen LogP contribution < -0.4 is 5.32 Å². The van der Waals surface area contributed by atoms with Gasteiger partial charge in [-0.3, -0.25) is 4.79 Å². The minimum atomic E-state index is -0.0859. The quantitative estimate of drug-likeness (QED) is 0.601. The van der Waals surface area contributed by atoms with Gasteiger partial charge in [-0.25, -0.2) is 0 Å². The number of thiophene rings is 1. The lowest BCUT2D eigenvalue weighted by Crippen LogP contribution is -2.12. The van der Waals surface area contributed by atoms with Crippen LogP contribution in [0, 0.1) is 11.3 Å². The fourth-order valence-corrected chi connectivity index (χ4v) is 3.90. The van der Waals surface area contributed by atoms with E-state index in [4.69, 9.17) is 5.26 Å². The molecule has 26 heavy (non-hydrogen) atoms. The van der Waals surface area contributed by atoms with E-state index in [1.807, 2.05) is 10.6 Å². The van der Waals surface area contributed by atoms with Gasteiger partial charge in [0.05, 0.1) is 11.6 Å². The van der Waals surface area contributed by atoms with Crippen molar-refractivity contribution in [3.8, 4) is 6.07 Å². The van der Waals surface area contributed by atoms with Crippen molar-refractivity contribution in [3.05, 3.63) is 58.5 Å². The number of benzene rings is 1. The monoisotopic (exact) mass is 383 g/mol. The standard InChI is InChI=1S/C18H17N5OS2/c19-12-14-3-1-4-15(11-14)21-17(24)7-10-26-18-22-20-13-23(18)8-6-16-5-2-9-25-16/h1-5,9,11,13H,6-8,10H2,(H,21,24). The van der Waals surface area contributed by atoms with Gasteiger partial charge in [0.1, 0.15) is 6.33 Å². The highest BCUT2D eigenvalue weighted by atomic mass is 32.2. The van der Waals surface area contributed by atoms with Crippen molar-refractivity contribution in [2.75, 3.05) is 11.1 Å². The van der Waals surface area contributed by atoms with E-state index in [2.05, 4.69) is 33.0 Å². The van der Waals surface area contributed by atoms with Crippen molar-refractivity contribution in [2.24, 2.45) is 0 Å². The molecule has 0 saturated carbocycles. The fourth-order valence-electron chi connectivity index (χ4n) is 2.32. The van der Waals surface area contributed by atoms with Crippen LogP contribution in [-0.2, 0) is 17.8 Å². The number of aryl methyl sites for hydroxylation is 2. The summed E-state index contributed by atoms with van der Waals surface area (Å²) in [5, 5.41) is 22.7. The van der Waals surface area contributed by atoms with Crippen LogP contribution in [0.15, 0.2) is 53.3 Å². The zero-order chi connectivity index (χ0) is 18.2. The first-order valence-electron chi connectivity index (χ1n) is 8.07. The summed E-state index contributed by atoms with van der Waals surface area (Å²) in [4.78, 5) is 13.4. The van der Waals surface area contributed by atoms with Gasteiger partial charge in [0.25, 0.3) is 0 Å². The Balaban J connectivity index is 1.45. The first-order valence-corrected chi connectivity index (χ1v) is 9.94. The smallest absolute Gasteiger partial charge is 0.225 e. The van der Waals surface area contributed by atoms with Gasteiger partial charge in [-0.05, 0) is 36.1 Å². The molecule has 1 aromatic carbocycles. The summed E-state index contributed by atoms with van der Waals surface area (Å²) in [6, 6.07) is 13.1. The maximum Gasteiger partial charge on any atom is 0.225 e. The molecule has 1 amide bonds. The Morgan fingerprint density at radius 3 is 3.08 bits per heavy atom. The number of nitrogens with one attached hydrogen (secondary N) is 1. The van der Waals surface area contributed by atoms with E-state index in [0.29, 0.717) is 23.4 Å². The highest BCUT2D eigenvalue weighted by molar-refractivity contribution is 7.99. The van der Waals surface area contributed by atoms with Crippen LogP contribution in [0.2, 0.25) is 0 Å². The predicted molar refractivity (Wildman–Crippen MR) is 103 cm³/mol. The van der Waals surface area contributed by atoms with E-state index < -0.39 is 0 Å². The van der Waals surface area contributed by atoms with Gasteiger partial charge >= 0.3 is 0 Å². The normalized spacial score (nSPS) is 10.4. The first-order chi connectivity index (χ1) is 12.7. The number of rotatable bonds is 8. The van der Waals surface area contributed by atoms with Crippen molar-refractivity contribution in [1.82, 2.24) is 14.8 Å². The van der Waals surface area contributed by atoms with E-state index in [1.54, 1.807) is 41.9 Å². The van der Waals surface area contributed by atoms with Crippen LogP contribution in [0.3, 0.4) is 0 Å². The Morgan fingerprint density at radius 1 is 1.35 bits per heavy atom. The van der Waals surface area contributed by atoms with E-state index >= 15 is 0 Å². The molecule has 0 aliphatic carbocycles. The number of thioether (sulfide) groups is 1. The fraction of sp³-hybridized carbons (Fsp3) is 0.222. The molecule has 2 heterocycles. The van der Waals surface area contributed by atoms with Crippen molar-refractivity contribution < 1.29 is 4.79 Å². The first kappa shape index (κ1) is 18.2. The molecule has 0 aliphatic heterocycles. The van der Waals surface area contributed by atoms with E-state index in [-0.39, 0.29) is 5.91 Å². The summed E-state index contributed by atoms with van der Waals surface area (Å²) in [6.45, 7) is 0.822. The lowest BCUT2D eigenvalue weighted by atomic mass is 10.2. The number of carbonyl (C=O) groups excluding carboxylic acids is 1. The van der Waals surface area contributed by atoms with Gasteiger partial charge in [0, 0.05) is 29.3 Å². The number of anilines is 1. The van der Waals surface area contributed by atoms with Crippen LogP contribution in [-0.4, -0.2) is 26.4 Å². The van der Waals surface area contributed by atoms with Gasteiger partial charge in [0.15, 0.2) is 5.16 Å². The molecule has 0 unspecified atom stereocenters. The number of hydrogen-bond donors (Lipinski definition) is 1. The SMILES string of the molecule is N#Cc1cccc(NC(=O)CCSc2nncn2CCc2cccs2)c1. The predicted octanol–water partition coefficient (Wildman–Crippen LogP) is 3.57. The average molecular weight is 384 g/mol. The third-order valence-corrected chi connectivity index (χ3v) is 5.51. The van der Waals surface area contributed by atoms with Crippen LogP contribution in [0.25, 0.3) is 0 Å². The number of hydrogen-bond acceptors (Lipinski definition) is 6. The Morgan fingerprint density at radius 2 is 2.27 bits per heavy atom. The second-order valence-corrected chi connectivity index (χ2v) is 7.57. The third kappa shape index (κ3) is 5.18. The lowest BCUT2D eigenvalue weighted by Gasteiger charge is -2.07. The van der Waals surface area contributed by atoms with Crippen molar-refractivity contribution in [1.29, 1.82) is 5.26 Å². The van der Waals surface area contributed by atoms with Gasteiger partial charge in [-0.1, -0.05) is 23.9 Å². The molecule has 0 aliphatic rings. The van der Waals surface area contributed by atoms with Crippen molar-refractivity contribution >= 4 is 34.7 Å². The summed E-state index contributed by atoms with van der Waals surface area (Å²) >= 11 is 3.26. The zero-order valence-corrected chi connectivity index (χ0v) is 15.6. The van der Waals surface area contributed by atoms with Crippen LogP contribution in [0.4, 0.5) is 5.69 Å². The highest BCUT2D eigenvalue weighted by Gasteiger charge is 2.08. The van der Waals surface area contributed by atoms with Crippen LogP contribution in [0.1, 0.15) is 16.9 Å². The van der Waals surface area contributed by atoms with Crippen LogP contribution >= 0.6 is 23.1 Å². The Kier molecular flexibility index (Phi) is 6.41. The second-order valence-electron chi connectivity index (χ2n) is 5.48. The van der Waals surface area contributed by atoms with Gasteiger partial charge in [0.2, 0.25) is 5.91 Å². The molecule has 0 radical (unpaired) electrons. The number of carbonyl (C=O) groups is 1. The molecule has 0 atom stereocenters. The number of aromatic nitrogens is 3. The molecule has 132 valence electrons. The van der Waals surface area contributed by atoms with Gasteiger partial charge in [-0.15, -0.1) is 21.5 Å². The zero-order valence-electron chi connectivity index (χ0n) is 14.0. The topological polar surface area (TPSA) is 83.6 Å². The lowest BCUT2D eigenvalue weighted by molar-refractivity contribution is -0.115. The average Bonchev–Trinajstić information content (AvgIpc) is 3.31. The van der Waals surface area contributed by atoms with Gasteiger partial charge in [-0.2, -0.15) is 5.26 Å². The number of nitriles is 1. The van der Waals surface area contributed by atoms with E-state index in [0.717, 1.165) is 18.1 Å². The Bertz CT molecular complexity index is 898. The Labute approximate surface area is 159 Å². The molecule has 3 rings (SSSR count). The molecular formula is C18H17N5OS2. The maximum atomic E-state index is 12.1. The maximum absolute atomic E-state index is 12.1. The minimum absolute atomic E-state index is 0.0859. The summed E-state index contributed by atoms with van der Waals surface area (Å²) in [5.41, 5.74) is 1.16. The molecule has 0 spiro atoms. The molecular weight excluding hydrogens is 366 g/mol. The van der Waals surface area contributed by atoms with Crippen molar-refractivity contribution in [3.63, 3.8) is 0 Å². The van der Waals surface area contributed by atoms with Gasteiger partial charge < -0.3 is 9.88 Å². The van der Waals surface area contributed by atoms with E-state index in [1.165, 1.54) is 16.6 Å². The number of nitrogens with zero attached hydrogens (tertiary/aromatic N) is 4. The molecule has 2 aromatic heterocycles. The molecule has 0 saturated heterocycles. The summed E-state index contributed by atoms with van der Waals surface area (Å²) in [6.07, 6.45) is 3.03. The van der Waals surface area contributed by atoms with E-state index in [9.17, 15) is 4.79 Å². The minimum Gasteiger partial charge on any atom is -0.326 e. The summed E-state index contributed by atoms with van der Waals surface area (Å²) in [5.74, 6) is 0.527. The van der Waals surface area contributed by atoms with Crippen LogP contribution in [0.5, 0.6) is 0 Å². The third-order valence-electron chi connectivity index (χ3n) is 3.59. The molecule has 6 nitrogen and oxygen atoms in total. The molecule has 8 heteroatoms. The highest BCUT2D eigenvalue weighted by Crippen LogP contribution is 2.18. The Hall–Kier alpha value is -2.63. The number of amides is 1. The molecule has 3 aromatic rings. The molecule has 0 fully saturated rings. The molecule has 1 N–H and O–H groups in total.